The average Bonchev–Trinajstić information content (AvgIpc) is 3.15. The molecule has 1 N–H and O–H groups in total. The molecule has 1 fully saturated rings. The second kappa shape index (κ2) is 6.94. The minimum absolute atomic E-state index is 0.531. The van der Waals surface area contributed by atoms with Crippen LogP contribution in [0.2, 0.25) is 0 Å². The number of nitrogens with zero attached hydrogens (tertiary/aromatic N) is 2. The first-order chi connectivity index (χ1) is 12.3. The molecule has 4 rings (SSSR count). The first-order valence-electron chi connectivity index (χ1n) is 9.01. The Morgan fingerprint density at radius 3 is 2.28 bits per heavy atom. The standard InChI is InChI=1S/C22H21N3/c23-15-16-11-13-18(14-12-16)21-20(17-7-3-1-4-8-17)24-22(25-21)19-9-5-2-6-10-19/h1,3-4,7-8,11-14,19H,2,5-6,9-10H2,(H,24,25). The second-order valence-corrected chi connectivity index (χ2v) is 6.74. The van der Waals surface area contributed by atoms with Crippen LogP contribution < -0.4 is 0 Å². The summed E-state index contributed by atoms with van der Waals surface area (Å²) in [6, 6.07) is 20.3. The van der Waals surface area contributed by atoms with E-state index in [0.717, 1.165) is 28.3 Å². The van der Waals surface area contributed by atoms with Crippen molar-refractivity contribution in [2.75, 3.05) is 0 Å². The molecule has 0 unspecified atom stereocenters. The number of H-pyrrole nitrogens is 1. The monoisotopic (exact) mass is 327 g/mol. The molecule has 2 aromatic carbocycles. The van der Waals surface area contributed by atoms with E-state index in [0.29, 0.717) is 11.5 Å². The third-order valence-corrected chi connectivity index (χ3v) is 5.06. The number of hydrogen-bond donors (Lipinski definition) is 1. The Morgan fingerprint density at radius 1 is 0.880 bits per heavy atom. The summed E-state index contributed by atoms with van der Waals surface area (Å²) in [7, 11) is 0. The smallest absolute Gasteiger partial charge is 0.110 e. The Hall–Kier alpha value is -2.86. The van der Waals surface area contributed by atoms with E-state index < -0.39 is 0 Å². The van der Waals surface area contributed by atoms with Gasteiger partial charge in [-0.25, -0.2) is 4.98 Å². The lowest BCUT2D eigenvalue weighted by Crippen LogP contribution is -2.06. The number of hydrogen-bond acceptors (Lipinski definition) is 2. The quantitative estimate of drug-likeness (QED) is 0.674. The molecular weight excluding hydrogens is 306 g/mol. The summed E-state index contributed by atoms with van der Waals surface area (Å²) < 4.78 is 0. The Bertz CT molecular complexity index is 879. The minimum Gasteiger partial charge on any atom is -0.341 e. The Morgan fingerprint density at radius 2 is 1.60 bits per heavy atom. The molecule has 0 aliphatic heterocycles. The van der Waals surface area contributed by atoms with Crippen LogP contribution in [0.15, 0.2) is 54.6 Å². The Labute approximate surface area is 148 Å². The molecule has 3 heteroatoms. The van der Waals surface area contributed by atoms with Crippen LogP contribution in [0.25, 0.3) is 22.5 Å². The predicted octanol–water partition coefficient (Wildman–Crippen LogP) is 5.66. The Kier molecular flexibility index (Phi) is 4.35. The maximum atomic E-state index is 9.04. The van der Waals surface area contributed by atoms with Gasteiger partial charge in [-0.2, -0.15) is 5.26 Å². The van der Waals surface area contributed by atoms with Crippen molar-refractivity contribution >= 4 is 0 Å². The molecule has 3 aromatic rings. The van der Waals surface area contributed by atoms with Gasteiger partial charge in [-0.15, -0.1) is 0 Å². The molecule has 0 bridgehead atoms. The number of nitriles is 1. The Balaban J connectivity index is 1.80. The van der Waals surface area contributed by atoms with Crippen molar-refractivity contribution in [1.29, 1.82) is 5.26 Å². The molecule has 124 valence electrons. The van der Waals surface area contributed by atoms with Gasteiger partial charge in [0.15, 0.2) is 0 Å². The fraction of sp³-hybridized carbons (Fsp3) is 0.273. The third kappa shape index (κ3) is 3.21. The molecule has 25 heavy (non-hydrogen) atoms. The molecule has 1 aromatic heterocycles. The maximum absolute atomic E-state index is 9.04. The topological polar surface area (TPSA) is 52.5 Å². The van der Waals surface area contributed by atoms with Gasteiger partial charge in [0, 0.05) is 17.0 Å². The van der Waals surface area contributed by atoms with Crippen molar-refractivity contribution in [2.24, 2.45) is 0 Å². The lowest BCUT2D eigenvalue weighted by atomic mass is 9.89. The van der Waals surface area contributed by atoms with E-state index in [4.69, 9.17) is 10.2 Å². The van der Waals surface area contributed by atoms with Gasteiger partial charge < -0.3 is 4.98 Å². The van der Waals surface area contributed by atoms with Gasteiger partial charge in [-0.1, -0.05) is 61.7 Å². The van der Waals surface area contributed by atoms with Crippen molar-refractivity contribution in [1.82, 2.24) is 9.97 Å². The summed E-state index contributed by atoms with van der Waals surface area (Å²) in [5.74, 6) is 1.64. The van der Waals surface area contributed by atoms with Crippen molar-refractivity contribution in [3.8, 4) is 28.6 Å². The predicted molar refractivity (Wildman–Crippen MR) is 100 cm³/mol. The third-order valence-electron chi connectivity index (χ3n) is 5.06. The maximum Gasteiger partial charge on any atom is 0.110 e. The van der Waals surface area contributed by atoms with Crippen molar-refractivity contribution in [3.05, 3.63) is 66.0 Å². The van der Waals surface area contributed by atoms with Crippen LogP contribution in [-0.4, -0.2) is 9.97 Å². The van der Waals surface area contributed by atoms with Gasteiger partial charge in [0.2, 0.25) is 0 Å². The van der Waals surface area contributed by atoms with Crippen LogP contribution in [0.4, 0.5) is 0 Å². The molecule has 0 atom stereocenters. The van der Waals surface area contributed by atoms with E-state index in [2.05, 4.69) is 23.2 Å². The highest BCUT2D eigenvalue weighted by atomic mass is 14.9. The fourth-order valence-electron chi connectivity index (χ4n) is 3.69. The van der Waals surface area contributed by atoms with E-state index in [1.165, 1.54) is 32.1 Å². The van der Waals surface area contributed by atoms with Crippen LogP contribution in [0, 0.1) is 11.3 Å². The number of benzene rings is 2. The SMILES string of the molecule is N#Cc1ccc(-c2[nH]c(C3CCCCC3)nc2-c2ccccc2)cc1. The van der Waals surface area contributed by atoms with Crippen LogP contribution >= 0.6 is 0 Å². The van der Waals surface area contributed by atoms with Crippen molar-refractivity contribution in [2.45, 2.75) is 38.0 Å². The number of imidazole rings is 1. The normalized spacial score (nSPS) is 15.0. The molecule has 0 saturated heterocycles. The summed E-state index contributed by atoms with van der Waals surface area (Å²) in [6.07, 6.45) is 6.35. The highest BCUT2D eigenvalue weighted by molar-refractivity contribution is 5.78. The van der Waals surface area contributed by atoms with Gasteiger partial charge in [0.05, 0.1) is 23.0 Å². The van der Waals surface area contributed by atoms with E-state index in [-0.39, 0.29) is 0 Å². The van der Waals surface area contributed by atoms with Crippen LogP contribution in [0.5, 0.6) is 0 Å². The minimum atomic E-state index is 0.531. The zero-order valence-electron chi connectivity index (χ0n) is 14.2. The first kappa shape index (κ1) is 15.7. The van der Waals surface area contributed by atoms with E-state index in [1.54, 1.807) is 0 Å². The van der Waals surface area contributed by atoms with Crippen LogP contribution in [0.1, 0.15) is 49.4 Å². The van der Waals surface area contributed by atoms with Gasteiger partial charge in [0.1, 0.15) is 5.82 Å². The van der Waals surface area contributed by atoms with Crippen molar-refractivity contribution < 1.29 is 0 Å². The van der Waals surface area contributed by atoms with Crippen LogP contribution in [0.3, 0.4) is 0 Å². The number of aromatic nitrogens is 2. The summed E-state index contributed by atoms with van der Waals surface area (Å²) >= 11 is 0. The van der Waals surface area contributed by atoms with Crippen LogP contribution in [-0.2, 0) is 0 Å². The molecule has 1 aliphatic rings. The zero-order valence-corrected chi connectivity index (χ0v) is 14.2. The van der Waals surface area contributed by atoms with E-state index >= 15 is 0 Å². The molecule has 1 saturated carbocycles. The average molecular weight is 327 g/mol. The lowest BCUT2D eigenvalue weighted by molar-refractivity contribution is 0.431. The van der Waals surface area contributed by atoms with E-state index in [9.17, 15) is 0 Å². The molecule has 0 radical (unpaired) electrons. The highest BCUT2D eigenvalue weighted by Crippen LogP contribution is 2.36. The zero-order chi connectivity index (χ0) is 17.1. The van der Waals surface area contributed by atoms with E-state index in [1.807, 2.05) is 42.5 Å². The number of rotatable bonds is 3. The molecule has 3 nitrogen and oxygen atoms in total. The summed E-state index contributed by atoms with van der Waals surface area (Å²) in [5.41, 5.74) is 4.94. The molecule has 1 aliphatic carbocycles. The number of nitrogens with one attached hydrogen (secondary N) is 1. The highest BCUT2D eigenvalue weighted by Gasteiger charge is 2.22. The van der Waals surface area contributed by atoms with Gasteiger partial charge in [-0.05, 0) is 25.0 Å². The van der Waals surface area contributed by atoms with Gasteiger partial charge >= 0.3 is 0 Å². The summed E-state index contributed by atoms with van der Waals surface area (Å²) in [5, 5.41) is 9.04. The summed E-state index contributed by atoms with van der Waals surface area (Å²) in [4.78, 5) is 8.61. The van der Waals surface area contributed by atoms with Gasteiger partial charge in [0.25, 0.3) is 0 Å². The molecular formula is C22H21N3. The lowest BCUT2D eigenvalue weighted by Gasteiger charge is -2.19. The van der Waals surface area contributed by atoms with Crippen molar-refractivity contribution in [3.63, 3.8) is 0 Å². The molecule has 0 spiro atoms. The molecule has 1 heterocycles. The van der Waals surface area contributed by atoms with Gasteiger partial charge in [-0.3, -0.25) is 0 Å². The molecule has 0 amide bonds. The summed E-state index contributed by atoms with van der Waals surface area (Å²) in [6.45, 7) is 0. The first-order valence-corrected chi connectivity index (χ1v) is 9.01. The number of aromatic amines is 1. The second-order valence-electron chi connectivity index (χ2n) is 6.74. The fourth-order valence-corrected chi connectivity index (χ4v) is 3.69. The largest absolute Gasteiger partial charge is 0.341 e.